The van der Waals surface area contributed by atoms with Crippen LogP contribution < -0.4 is 5.32 Å². The lowest BCUT2D eigenvalue weighted by Crippen LogP contribution is -2.23. The molecule has 1 amide bonds. The van der Waals surface area contributed by atoms with E-state index in [2.05, 4.69) is 10.3 Å². The first kappa shape index (κ1) is 11.3. The third kappa shape index (κ3) is 2.18. The zero-order chi connectivity index (χ0) is 12.4. The highest BCUT2D eigenvalue weighted by Crippen LogP contribution is 2.15. The van der Waals surface area contributed by atoms with E-state index in [1.807, 2.05) is 24.3 Å². The van der Waals surface area contributed by atoms with Crippen LogP contribution >= 0.6 is 0 Å². The zero-order valence-electron chi connectivity index (χ0n) is 9.73. The smallest absolute Gasteiger partial charge is 0.229 e. The fraction of sp³-hybridized carbons (Fsp3) is 0.250. The van der Waals surface area contributed by atoms with E-state index in [4.69, 9.17) is 0 Å². The molecule has 0 aliphatic carbocycles. The van der Waals surface area contributed by atoms with Crippen LogP contribution in [-0.4, -0.2) is 21.4 Å². The normalized spacial score (nSPS) is 10.5. The van der Waals surface area contributed by atoms with Crippen molar-refractivity contribution in [3.8, 4) is 0 Å². The van der Waals surface area contributed by atoms with Crippen LogP contribution in [0.1, 0.15) is 24.5 Å². The van der Waals surface area contributed by atoms with Crippen LogP contribution in [0.2, 0.25) is 0 Å². The Kier molecular flexibility index (Phi) is 2.91. The average molecular weight is 231 g/mol. The van der Waals surface area contributed by atoms with Crippen LogP contribution in [0.15, 0.2) is 24.3 Å². The van der Waals surface area contributed by atoms with Gasteiger partial charge < -0.3 is 5.32 Å². The number of amides is 1. The molecule has 2 rings (SSSR count). The van der Waals surface area contributed by atoms with Gasteiger partial charge in [0, 0.05) is 13.8 Å². The monoisotopic (exact) mass is 231 g/mol. The molecule has 88 valence electrons. The standard InChI is InChI=1S/C12H13N3O2/c1-8(16)13-7-12-14-10-5-3-4-6-11(10)15(12)9(2)17/h3-6H,7H2,1-2H3,(H,13,16). The lowest BCUT2D eigenvalue weighted by atomic mass is 10.3. The van der Waals surface area contributed by atoms with E-state index in [9.17, 15) is 9.59 Å². The van der Waals surface area contributed by atoms with E-state index in [1.165, 1.54) is 18.4 Å². The highest BCUT2D eigenvalue weighted by atomic mass is 16.2. The summed E-state index contributed by atoms with van der Waals surface area (Å²) in [7, 11) is 0. The predicted molar refractivity (Wildman–Crippen MR) is 63.6 cm³/mol. The van der Waals surface area contributed by atoms with Gasteiger partial charge in [0.1, 0.15) is 5.82 Å². The van der Waals surface area contributed by atoms with Gasteiger partial charge in [-0.1, -0.05) is 12.1 Å². The second kappa shape index (κ2) is 4.37. The number of hydrogen-bond acceptors (Lipinski definition) is 3. The molecule has 0 bridgehead atoms. The summed E-state index contributed by atoms with van der Waals surface area (Å²) in [4.78, 5) is 26.8. The molecule has 1 heterocycles. The van der Waals surface area contributed by atoms with Crippen molar-refractivity contribution in [2.75, 3.05) is 0 Å². The molecule has 0 unspecified atom stereocenters. The van der Waals surface area contributed by atoms with Crippen molar-refractivity contribution < 1.29 is 9.59 Å². The van der Waals surface area contributed by atoms with Crippen molar-refractivity contribution in [3.05, 3.63) is 30.1 Å². The van der Waals surface area contributed by atoms with Gasteiger partial charge in [-0.25, -0.2) is 4.98 Å². The lowest BCUT2D eigenvalue weighted by Gasteiger charge is -2.04. The molecule has 5 heteroatoms. The summed E-state index contributed by atoms with van der Waals surface area (Å²) in [5.74, 6) is 0.292. The number of aromatic nitrogens is 2. The van der Waals surface area contributed by atoms with Gasteiger partial charge in [0.15, 0.2) is 0 Å². The summed E-state index contributed by atoms with van der Waals surface area (Å²) < 4.78 is 1.52. The van der Waals surface area contributed by atoms with Crippen LogP contribution in [0.4, 0.5) is 0 Å². The molecule has 1 N–H and O–H groups in total. The van der Waals surface area contributed by atoms with Gasteiger partial charge in [-0.05, 0) is 12.1 Å². The van der Waals surface area contributed by atoms with E-state index in [0.29, 0.717) is 5.82 Å². The Balaban J connectivity index is 2.50. The molecule has 1 aromatic carbocycles. The second-order valence-corrected chi connectivity index (χ2v) is 3.78. The van der Waals surface area contributed by atoms with E-state index in [1.54, 1.807) is 0 Å². The fourth-order valence-corrected chi connectivity index (χ4v) is 1.75. The number of benzene rings is 1. The molecule has 5 nitrogen and oxygen atoms in total. The molecule has 17 heavy (non-hydrogen) atoms. The van der Waals surface area contributed by atoms with Crippen molar-refractivity contribution in [3.63, 3.8) is 0 Å². The van der Waals surface area contributed by atoms with Gasteiger partial charge in [-0.3, -0.25) is 14.2 Å². The summed E-state index contributed by atoms with van der Waals surface area (Å²) in [5.41, 5.74) is 1.52. The van der Waals surface area contributed by atoms with Crippen LogP contribution in [0.3, 0.4) is 0 Å². The number of nitrogens with zero attached hydrogens (tertiary/aromatic N) is 2. The van der Waals surface area contributed by atoms with Crippen molar-refractivity contribution in [1.29, 1.82) is 0 Å². The minimum Gasteiger partial charge on any atom is -0.349 e. The number of hydrogen-bond donors (Lipinski definition) is 1. The Hall–Kier alpha value is -2.17. The zero-order valence-corrected chi connectivity index (χ0v) is 9.73. The Morgan fingerprint density at radius 3 is 2.65 bits per heavy atom. The first-order chi connectivity index (χ1) is 8.09. The van der Waals surface area contributed by atoms with E-state index in [-0.39, 0.29) is 18.4 Å². The summed E-state index contributed by atoms with van der Waals surface area (Å²) in [6.45, 7) is 3.16. The lowest BCUT2D eigenvalue weighted by molar-refractivity contribution is -0.119. The van der Waals surface area contributed by atoms with Crippen LogP contribution in [0, 0.1) is 0 Å². The number of rotatable bonds is 2. The SMILES string of the molecule is CC(=O)NCc1nc2ccccc2n1C(C)=O. The van der Waals surface area contributed by atoms with Crippen LogP contribution in [0.5, 0.6) is 0 Å². The summed E-state index contributed by atoms with van der Waals surface area (Å²) in [6.07, 6.45) is 0. The minimum absolute atomic E-state index is 0.112. The highest BCUT2D eigenvalue weighted by molar-refractivity contribution is 5.90. The van der Waals surface area contributed by atoms with Gasteiger partial charge >= 0.3 is 0 Å². The Morgan fingerprint density at radius 1 is 1.29 bits per heavy atom. The molecular weight excluding hydrogens is 218 g/mol. The van der Waals surface area contributed by atoms with Crippen LogP contribution in [-0.2, 0) is 11.3 Å². The first-order valence-corrected chi connectivity index (χ1v) is 5.31. The highest BCUT2D eigenvalue weighted by Gasteiger charge is 2.13. The quantitative estimate of drug-likeness (QED) is 0.848. The molecule has 0 aliphatic heterocycles. The molecule has 0 radical (unpaired) electrons. The van der Waals surface area contributed by atoms with Gasteiger partial charge in [-0.2, -0.15) is 0 Å². The van der Waals surface area contributed by atoms with Crippen molar-refractivity contribution in [1.82, 2.24) is 14.9 Å². The van der Waals surface area contributed by atoms with Crippen LogP contribution in [0.25, 0.3) is 11.0 Å². The van der Waals surface area contributed by atoms with Gasteiger partial charge in [0.2, 0.25) is 11.8 Å². The Bertz CT molecular complexity index is 586. The number of fused-ring (bicyclic) bond motifs is 1. The van der Waals surface area contributed by atoms with Crippen molar-refractivity contribution >= 4 is 22.8 Å². The number of imidazole rings is 1. The molecule has 0 fully saturated rings. The van der Waals surface area contributed by atoms with Gasteiger partial charge in [0.05, 0.1) is 17.6 Å². The van der Waals surface area contributed by atoms with Gasteiger partial charge in [-0.15, -0.1) is 0 Å². The first-order valence-electron chi connectivity index (χ1n) is 5.31. The van der Waals surface area contributed by atoms with Crippen molar-refractivity contribution in [2.24, 2.45) is 0 Å². The maximum absolute atomic E-state index is 11.6. The molecular formula is C12H13N3O2. The number of carbonyl (C=O) groups excluding carboxylic acids is 2. The second-order valence-electron chi connectivity index (χ2n) is 3.78. The predicted octanol–water partition coefficient (Wildman–Crippen LogP) is 1.33. The molecule has 2 aromatic rings. The summed E-state index contributed by atoms with van der Waals surface area (Å²) in [6, 6.07) is 7.39. The molecule has 1 aromatic heterocycles. The third-order valence-electron chi connectivity index (χ3n) is 2.44. The summed E-state index contributed by atoms with van der Waals surface area (Å²) >= 11 is 0. The molecule has 0 aliphatic rings. The van der Waals surface area contributed by atoms with E-state index < -0.39 is 0 Å². The molecule has 0 saturated carbocycles. The van der Waals surface area contributed by atoms with Crippen molar-refractivity contribution in [2.45, 2.75) is 20.4 Å². The summed E-state index contributed by atoms with van der Waals surface area (Å²) in [5, 5.41) is 2.64. The van der Waals surface area contributed by atoms with E-state index in [0.717, 1.165) is 11.0 Å². The maximum atomic E-state index is 11.6. The largest absolute Gasteiger partial charge is 0.349 e. The van der Waals surface area contributed by atoms with Gasteiger partial charge in [0.25, 0.3) is 0 Å². The third-order valence-corrected chi connectivity index (χ3v) is 2.44. The Morgan fingerprint density at radius 2 is 2.00 bits per heavy atom. The fourth-order valence-electron chi connectivity index (χ4n) is 1.75. The average Bonchev–Trinajstić information content (AvgIpc) is 2.64. The topological polar surface area (TPSA) is 64.0 Å². The number of para-hydroxylation sites is 2. The minimum atomic E-state index is -0.146. The number of nitrogens with one attached hydrogen (secondary N) is 1. The molecule has 0 saturated heterocycles. The number of carbonyl (C=O) groups is 2. The Labute approximate surface area is 98.4 Å². The molecule has 0 spiro atoms. The molecule has 0 atom stereocenters. The van der Waals surface area contributed by atoms with E-state index >= 15 is 0 Å². The maximum Gasteiger partial charge on any atom is 0.229 e.